The smallest absolute Gasteiger partial charge is 0.248 e. The third kappa shape index (κ3) is 18.8. The molecule has 0 bridgehead atoms. The molecule has 2 heterocycles. The number of amides is 10. The van der Waals surface area contributed by atoms with E-state index < -0.39 is 156 Å². The number of nitrogens with one attached hydrogen (secondary N) is 7. The molecule has 13 atom stereocenters. The third-order valence-electron chi connectivity index (χ3n) is 13.1. The van der Waals surface area contributed by atoms with Gasteiger partial charge in [0.25, 0.3) is 0 Å². The van der Waals surface area contributed by atoms with Gasteiger partial charge in [-0.15, -0.1) is 0 Å². The molecule has 414 valence electrons. The quantitative estimate of drug-likeness (QED) is 0.0305. The number of nitrogens with zero attached hydrogens (tertiary/aromatic N) is 2. The number of aliphatic hydroxyl groups excluding tert-OH is 3. The van der Waals surface area contributed by atoms with Crippen LogP contribution in [-0.4, -0.2) is 195 Å². The summed E-state index contributed by atoms with van der Waals surface area (Å²) in [5.74, 6) is -9.43. The summed E-state index contributed by atoms with van der Waals surface area (Å²) in [5.41, 5.74) is 11.2. The molecule has 0 saturated carbocycles. The summed E-state index contributed by atoms with van der Waals surface area (Å²) in [5, 5.41) is 49.2. The van der Waals surface area contributed by atoms with Crippen molar-refractivity contribution in [2.75, 3.05) is 31.7 Å². The number of hydrogen-bond donors (Lipinski definition) is 12. The molecular formula is C47H81N11O14S. The molecule has 0 unspecified atom stereocenters. The zero-order chi connectivity index (χ0) is 55.4. The van der Waals surface area contributed by atoms with E-state index in [1.165, 1.54) is 35.4 Å². The fourth-order valence-corrected chi connectivity index (χ4v) is 8.83. The number of primary amides is 1. The van der Waals surface area contributed by atoms with Crippen molar-refractivity contribution < 1.29 is 68.1 Å². The van der Waals surface area contributed by atoms with Gasteiger partial charge in [0.1, 0.15) is 54.6 Å². The predicted molar refractivity (Wildman–Crippen MR) is 268 cm³/mol. The van der Waals surface area contributed by atoms with Crippen LogP contribution in [0.1, 0.15) is 107 Å². The lowest BCUT2D eigenvalue weighted by molar-refractivity contribution is -0.142. The Kier molecular flexibility index (Phi) is 26.8. The minimum absolute atomic E-state index is 0.0213. The van der Waals surface area contributed by atoms with Crippen LogP contribution in [0.2, 0.25) is 0 Å². The van der Waals surface area contributed by atoms with E-state index in [0.29, 0.717) is 37.7 Å². The summed E-state index contributed by atoms with van der Waals surface area (Å²) in [7, 11) is 0. The van der Waals surface area contributed by atoms with Gasteiger partial charge in [-0.05, 0) is 82.1 Å². The molecule has 0 radical (unpaired) electrons. The van der Waals surface area contributed by atoms with E-state index in [9.17, 15) is 68.1 Å². The SMILES string of the molecule is CC[C@H](C)[C@H](NC(=O)[C@@H]1CCCN1C(=O)[C@@H](N)CCC(N)=O)C(=O)N[C@@H](CO)C(=O)N[C@H](C(=O)N[C@H](C(=O)N[C@@H](CCSC)C(=O)N[C@H](C(=O)N[C@H](C(=O)N1CCC[C@H]1C=O)[C@@H](C)O)C(C)C)[C@@H](C)O)C(C)C. The van der Waals surface area contributed by atoms with Gasteiger partial charge in [-0.1, -0.05) is 48.0 Å². The Morgan fingerprint density at radius 3 is 1.60 bits per heavy atom. The molecule has 0 spiro atoms. The Labute approximate surface area is 431 Å². The first-order valence-electron chi connectivity index (χ1n) is 24.9. The van der Waals surface area contributed by atoms with Crippen molar-refractivity contribution >= 4 is 77.1 Å². The van der Waals surface area contributed by atoms with Crippen molar-refractivity contribution in [3.05, 3.63) is 0 Å². The van der Waals surface area contributed by atoms with Crippen LogP contribution in [0.3, 0.4) is 0 Å². The third-order valence-corrected chi connectivity index (χ3v) is 13.7. The minimum Gasteiger partial charge on any atom is -0.394 e. The fraction of sp³-hybridized carbons (Fsp3) is 0.766. The van der Waals surface area contributed by atoms with Crippen LogP contribution in [0.4, 0.5) is 0 Å². The summed E-state index contributed by atoms with van der Waals surface area (Å²) in [6.07, 6.45) is 1.42. The van der Waals surface area contributed by atoms with Crippen molar-refractivity contribution in [3.8, 4) is 0 Å². The summed E-state index contributed by atoms with van der Waals surface area (Å²) < 4.78 is 0. The molecule has 0 aromatic heterocycles. The van der Waals surface area contributed by atoms with Gasteiger partial charge in [0.2, 0.25) is 59.1 Å². The van der Waals surface area contributed by atoms with Crippen molar-refractivity contribution in [3.63, 3.8) is 0 Å². The molecule has 14 N–H and O–H groups in total. The lowest BCUT2D eigenvalue weighted by Gasteiger charge is -2.31. The highest BCUT2D eigenvalue weighted by Crippen LogP contribution is 2.21. The number of aliphatic hydroxyl groups is 3. The molecule has 2 fully saturated rings. The van der Waals surface area contributed by atoms with Gasteiger partial charge in [0.05, 0.1) is 30.9 Å². The molecule has 0 aromatic carbocycles. The maximum atomic E-state index is 13.9. The number of nitrogens with two attached hydrogens (primary N) is 2. The van der Waals surface area contributed by atoms with Gasteiger partial charge >= 0.3 is 0 Å². The fourth-order valence-electron chi connectivity index (χ4n) is 8.35. The normalized spacial score (nSPS) is 20.2. The minimum atomic E-state index is -1.71. The molecular weight excluding hydrogens is 975 g/mol. The summed E-state index contributed by atoms with van der Waals surface area (Å²) in [6, 6.07) is -12.9. The maximum Gasteiger partial charge on any atom is 0.248 e. The Morgan fingerprint density at radius 1 is 0.630 bits per heavy atom. The largest absolute Gasteiger partial charge is 0.394 e. The standard InChI is InChI=1S/C47H81N11O14S/c1-10-25(6)36(54-41(66)32-14-12-19-58(32)46(71)29(48)15-16-33(49)63)44(69)51-31(22-60)40(65)53-34(23(2)3)42(67)55-37(26(7)61)45(70)50-30(17-20-73-9)39(64)52-35(24(4)5)43(68)56-38(27(8)62)47(72)57-18-11-13-28(57)21-59/h21,23-32,34-38,60-62H,10-20,22,48H2,1-9H3,(H2,49,63)(H,50,70)(H,51,69)(H,52,64)(H,53,65)(H,54,66)(H,55,67)(H,56,68)/t25-,26+,27+,28-,29-,30-,31-,32-,34-,35-,36-,37-,38-/m0/s1. The molecule has 2 aliphatic rings. The first-order valence-corrected chi connectivity index (χ1v) is 26.3. The molecule has 10 amide bonds. The molecule has 25 nitrogen and oxygen atoms in total. The summed E-state index contributed by atoms with van der Waals surface area (Å²) in [4.78, 5) is 148. The second-order valence-electron chi connectivity index (χ2n) is 19.6. The number of carbonyl (C=O) groups is 11. The number of aldehydes is 1. The van der Waals surface area contributed by atoms with Gasteiger partial charge in [0, 0.05) is 19.5 Å². The monoisotopic (exact) mass is 1060 g/mol. The van der Waals surface area contributed by atoms with E-state index in [1.807, 2.05) is 0 Å². The van der Waals surface area contributed by atoms with Crippen LogP contribution in [-0.2, 0) is 52.7 Å². The summed E-state index contributed by atoms with van der Waals surface area (Å²) >= 11 is 1.34. The number of likely N-dealkylation sites (tertiary alicyclic amines) is 2. The molecule has 73 heavy (non-hydrogen) atoms. The van der Waals surface area contributed by atoms with Gasteiger partial charge in [-0.3, -0.25) is 47.9 Å². The van der Waals surface area contributed by atoms with Crippen LogP contribution >= 0.6 is 11.8 Å². The van der Waals surface area contributed by atoms with E-state index in [1.54, 1.807) is 47.8 Å². The van der Waals surface area contributed by atoms with Gasteiger partial charge in [0.15, 0.2) is 0 Å². The van der Waals surface area contributed by atoms with Crippen molar-refractivity contribution in [2.24, 2.45) is 29.2 Å². The zero-order valence-corrected chi connectivity index (χ0v) is 44.3. The van der Waals surface area contributed by atoms with Crippen molar-refractivity contribution in [1.29, 1.82) is 0 Å². The van der Waals surface area contributed by atoms with Gasteiger partial charge in [-0.2, -0.15) is 11.8 Å². The Morgan fingerprint density at radius 2 is 1.11 bits per heavy atom. The molecule has 2 saturated heterocycles. The highest BCUT2D eigenvalue weighted by molar-refractivity contribution is 7.98. The van der Waals surface area contributed by atoms with E-state index >= 15 is 0 Å². The van der Waals surface area contributed by atoms with Crippen LogP contribution in [0, 0.1) is 17.8 Å². The molecule has 0 aliphatic carbocycles. The molecule has 2 aliphatic heterocycles. The second kappa shape index (κ2) is 30.7. The average molecular weight is 1060 g/mol. The van der Waals surface area contributed by atoms with Crippen LogP contribution in [0.25, 0.3) is 0 Å². The predicted octanol–water partition coefficient (Wildman–Crippen LogP) is -3.98. The van der Waals surface area contributed by atoms with E-state index in [-0.39, 0.29) is 38.8 Å². The number of hydrogen-bond acceptors (Lipinski definition) is 16. The van der Waals surface area contributed by atoms with Gasteiger partial charge in [-0.25, -0.2) is 0 Å². The molecule has 2 rings (SSSR count). The zero-order valence-electron chi connectivity index (χ0n) is 43.5. The van der Waals surface area contributed by atoms with E-state index in [4.69, 9.17) is 11.5 Å². The van der Waals surface area contributed by atoms with Crippen molar-refractivity contribution in [1.82, 2.24) is 47.0 Å². The lowest BCUT2D eigenvalue weighted by atomic mass is 9.97. The first-order chi connectivity index (χ1) is 34.3. The summed E-state index contributed by atoms with van der Waals surface area (Å²) in [6.45, 7) is 11.8. The van der Waals surface area contributed by atoms with Crippen molar-refractivity contribution in [2.45, 2.75) is 179 Å². The van der Waals surface area contributed by atoms with E-state index in [0.717, 1.165) is 0 Å². The van der Waals surface area contributed by atoms with Gasteiger partial charge < -0.3 is 78.6 Å². The van der Waals surface area contributed by atoms with Crippen LogP contribution in [0.5, 0.6) is 0 Å². The Bertz CT molecular complexity index is 1940. The molecule has 26 heteroatoms. The first kappa shape index (κ1) is 63.7. The highest BCUT2D eigenvalue weighted by Gasteiger charge is 2.41. The molecule has 0 aromatic rings. The van der Waals surface area contributed by atoms with Crippen LogP contribution in [0.15, 0.2) is 0 Å². The highest BCUT2D eigenvalue weighted by atomic mass is 32.2. The Balaban J connectivity index is 2.23. The number of carbonyl (C=O) groups excluding carboxylic acids is 11. The average Bonchev–Trinajstić information content (AvgIpc) is 4.04. The van der Waals surface area contributed by atoms with E-state index in [2.05, 4.69) is 37.2 Å². The topological polar surface area (TPSA) is 391 Å². The maximum absolute atomic E-state index is 13.9. The number of thioether (sulfide) groups is 1. The lowest BCUT2D eigenvalue weighted by Crippen LogP contribution is -2.63. The second-order valence-corrected chi connectivity index (χ2v) is 20.5. The van der Waals surface area contributed by atoms with Crippen LogP contribution < -0.4 is 48.7 Å². The number of rotatable bonds is 30. The Hall–Kier alpha value is -5.44.